The minimum atomic E-state index is 0.714. The summed E-state index contributed by atoms with van der Waals surface area (Å²) in [6, 6.07) is 48.7. The number of hydrogen-bond donors (Lipinski definition) is 2. The quantitative estimate of drug-likeness (QED) is 0.169. The number of hydrogen-bond acceptors (Lipinski definition) is 2. The van der Waals surface area contributed by atoms with E-state index in [1.807, 2.05) is 121 Å². The molecular formula is C50H30N4. The van der Waals surface area contributed by atoms with Gasteiger partial charge in [-0.15, -0.1) is 0 Å². The molecule has 2 N–H and O–H groups in total. The van der Waals surface area contributed by atoms with E-state index >= 15 is 0 Å². The number of aromatic nitrogens is 4. The first-order valence-corrected chi connectivity index (χ1v) is 17.7. The first kappa shape index (κ1) is 32.1. The van der Waals surface area contributed by atoms with E-state index in [2.05, 4.69) is 94.0 Å². The maximum absolute atomic E-state index is 5.19. The van der Waals surface area contributed by atoms with Gasteiger partial charge in [0.25, 0.3) is 0 Å². The Labute approximate surface area is 313 Å². The number of aromatic amines is 2. The van der Waals surface area contributed by atoms with Crippen molar-refractivity contribution in [3.8, 4) is 46.6 Å². The van der Waals surface area contributed by atoms with Crippen LogP contribution in [0.5, 0.6) is 0 Å². The van der Waals surface area contributed by atoms with Gasteiger partial charge in [0.2, 0.25) is 0 Å². The third kappa shape index (κ3) is 6.66. The molecule has 0 saturated carbocycles. The van der Waals surface area contributed by atoms with Crippen LogP contribution in [-0.4, -0.2) is 19.9 Å². The topological polar surface area (TPSA) is 57.4 Å². The molecule has 3 aromatic heterocycles. The summed E-state index contributed by atoms with van der Waals surface area (Å²) in [4.78, 5) is 17.8. The van der Waals surface area contributed by atoms with Gasteiger partial charge >= 0.3 is 0 Å². The van der Waals surface area contributed by atoms with Gasteiger partial charge in [0.05, 0.1) is 50.5 Å². The summed E-state index contributed by atoms with van der Waals surface area (Å²) in [6.45, 7) is 0. The van der Waals surface area contributed by atoms with E-state index in [9.17, 15) is 0 Å². The predicted octanol–water partition coefficient (Wildman–Crippen LogP) is 10.5. The van der Waals surface area contributed by atoms with Crippen LogP contribution in [0.25, 0.3) is 57.5 Å². The van der Waals surface area contributed by atoms with Crippen LogP contribution in [0.1, 0.15) is 56.2 Å². The molecule has 0 radical (unpaired) electrons. The van der Waals surface area contributed by atoms with Crippen molar-refractivity contribution in [2.45, 2.75) is 0 Å². The summed E-state index contributed by atoms with van der Waals surface area (Å²) in [7, 11) is 0. The average Bonchev–Trinajstić information content (AvgIpc) is 4.07. The van der Waals surface area contributed by atoms with E-state index in [-0.39, 0.29) is 0 Å². The molecule has 2 aliphatic heterocycles. The van der Waals surface area contributed by atoms with Crippen molar-refractivity contribution >= 4 is 46.4 Å². The molecule has 2 aliphatic rings. The highest BCUT2D eigenvalue weighted by Gasteiger charge is 2.16. The summed E-state index contributed by atoms with van der Waals surface area (Å²) >= 11 is 0. The highest BCUT2D eigenvalue weighted by molar-refractivity contribution is 5.95. The Morgan fingerprint density at radius 3 is 1.06 bits per heavy atom. The highest BCUT2D eigenvalue weighted by Crippen LogP contribution is 2.31. The fraction of sp³-hybridized carbons (Fsp3) is 0. The van der Waals surface area contributed by atoms with Gasteiger partial charge in [-0.05, 0) is 90.5 Å². The second-order valence-electron chi connectivity index (χ2n) is 12.7. The molecule has 0 unspecified atom stereocenters. The van der Waals surface area contributed by atoms with Crippen molar-refractivity contribution in [2.24, 2.45) is 0 Å². The second-order valence-corrected chi connectivity index (χ2v) is 12.7. The molecule has 250 valence electrons. The monoisotopic (exact) mass is 686 g/mol. The zero-order valence-electron chi connectivity index (χ0n) is 29.1. The molecule has 5 heterocycles. The number of H-pyrrole nitrogens is 2. The zero-order chi connectivity index (χ0) is 36.1. The normalized spacial score (nSPS) is 11.1. The maximum Gasteiger partial charge on any atom is 0.0816 e. The lowest BCUT2D eigenvalue weighted by Gasteiger charge is -2.03. The molecule has 7 aromatic rings. The van der Waals surface area contributed by atoms with Gasteiger partial charge in [-0.3, -0.25) is 0 Å². The van der Waals surface area contributed by atoms with Crippen LogP contribution < -0.4 is 0 Å². The van der Waals surface area contributed by atoms with Crippen molar-refractivity contribution in [2.75, 3.05) is 0 Å². The summed E-state index contributed by atoms with van der Waals surface area (Å²) in [5.74, 6) is 20.5. The Balaban J connectivity index is 1.40. The largest absolute Gasteiger partial charge is 0.354 e. The highest BCUT2D eigenvalue weighted by atomic mass is 14.8. The van der Waals surface area contributed by atoms with Crippen LogP contribution in [-0.2, 0) is 0 Å². The molecule has 9 rings (SSSR count). The Kier molecular flexibility index (Phi) is 8.57. The Bertz CT molecular complexity index is 2810. The van der Waals surface area contributed by atoms with Gasteiger partial charge in [-0.1, -0.05) is 120 Å². The van der Waals surface area contributed by atoms with Gasteiger partial charge in [-0.2, -0.15) is 0 Å². The van der Waals surface area contributed by atoms with E-state index in [1.54, 1.807) is 0 Å². The lowest BCUT2D eigenvalue weighted by atomic mass is 10.1. The molecule has 4 nitrogen and oxygen atoms in total. The van der Waals surface area contributed by atoms with Crippen LogP contribution >= 0.6 is 0 Å². The third-order valence-electron chi connectivity index (χ3n) is 9.13. The molecule has 4 aromatic carbocycles. The molecule has 0 aliphatic carbocycles. The Morgan fingerprint density at radius 2 is 0.648 bits per heavy atom. The van der Waals surface area contributed by atoms with Crippen LogP contribution in [0.3, 0.4) is 0 Å². The molecule has 54 heavy (non-hydrogen) atoms. The van der Waals surface area contributed by atoms with Crippen molar-refractivity contribution in [3.63, 3.8) is 0 Å². The van der Waals surface area contributed by atoms with Crippen molar-refractivity contribution in [3.05, 3.63) is 202 Å². The lowest BCUT2D eigenvalue weighted by molar-refractivity contribution is 1.25. The predicted molar refractivity (Wildman–Crippen MR) is 222 cm³/mol. The van der Waals surface area contributed by atoms with Crippen LogP contribution in [0.15, 0.2) is 146 Å². The number of rotatable bonds is 1. The summed E-state index contributed by atoms with van der Waals surface area (Å²) in [5, 5.41) is 0. The number of nitrogens with one attached hydrogen (secondary N) is 2. The molecule has 0 spiro atoms. The Hall–Kier alpha value is -7.84. The second kappa shape index (κ2) is 14.4. The standard InChI is InChI=1S/C50H30N4/c1-5-13-35(14-6-1)21-24-39-42-27-29-44(51-42)40(25-22-36-15-7-2-8-16-36)46-31-33-48(53-46)50(38-19-11-4-12-20-38)49-34-32-47(54-49)41(45-30-28-43(39)52-45)26-23-37-17-9-3-10-18-37/h1-20,27-34,53-54H. The maximum atomic E-state index is 5.19. The smallest absolute Gasteiger partial charge is 0.0816 e. The van der Waals surface area contributed by atoms with Gasteiger partial charge in [0.15, 0.2) is 0 Å². The van der Waals surface area contributed by atoms with Gasteiger partial charge in [0, 0.05) is 33.3 Å². The summed E-state index contributed by atoms with van der Waals surface area (Å²) in [5.41, 5.74) is 13.6. The van der Waals surface area contributed by atoms with Crippen LogP contribution in [0.4, 0.5) is 0 Å². The third-order valence-corrected chi connectivity index (χ3v) is 9.13. The van der Waals surface area contributed by atoms with E-state index < -0.39 is 0 Å². The van der Waals surface area contributed by atoms with Gasteiger partial charge < -0.3 is 9.97 Å². The van der Waals surface area contributed by atoms with Crippen molar-refractivity contribution in [1.29, 1.82) is 0 Å². The van der Waals surface area contributed by atoms with Crippen LogP contribution in [0.2, 0.25) is 0 Å². The molecule has 0 atom stereocenters. The average molecular weight is 687 g/mol. The van der Waals surface area contributed by atoms with Gasteiger partial charge in [0.1, 0.15) is 0 Å². The lowest BCUT2D eigenvalue weighted by Crippen LogP contribution is -1.91. The first-order chi connectivity index (χ1) is 26.7. The fourth-order valence-corrected chi connectivity index (χ4v) is 6.48. The molecule has 8 bridgehead atoms. The van der Waals surface area contributed by atoms with E-state index in [0.29, 0.717) is 17.0 Å². The van der Waals surface area contributed by atoms with Crippen LogP contribution in [0, 0.1) is 35.5 Å². The molecular weight excluding hydrogens is 657 g/mol. The first-order valence-electron chi connectivity index (χ1n) is 17.7. The number of benzene rings is 4. The molecule has 4 heteroatoms. The van der Waals surface area contributed by atoms with E-state index in [1.165, 1.54) is 0 Å². The van der Waals surface area contributed by atoms with E-state index in [0.717, 1.165) is 72.4 Å². The minimum absolute atomic E-state index is 0.714. The number of fused-ring (bicyclic) bond motifs is 8. The summed E-state index contributed by atoms with van der Waals surface area (Å²) in [6.07, 6.45) is 8.03. The molecule has 0 amide bonds. The SMILES string of the molecule is C(#Cc1c2nc(c(C#Cc3ccccc3)c3ccc([nH]3)c(-c3ccccc3)c3ccc([nH]3)c(C#Cc3ccccc3)c3nc1C=C3)C=C2)c1ccccc1. The van der Waals surface area contributed by atoms with Crippen molar-refractivity contribution < 1.29 is 0 Å². The van der Waals surface area contributed by atoms with E-state index in [4.69, 9.17) is 9.97 Å². The van der Waals surface area contributed by atoms with Crippen molar-refractivity contribution in [1.82, 2.24) is 19.9 Å². The molecule has 0 fully saturated rings. The zero-order valence-corrected chi connectivity index (χ0v) is 29.1. The number of nitrogens with zero attached hydrogens (tertiary/aromatic N) is 2. The van der Waals surface area contributed by atoms with Gasteiger partial charge in [-0.25, -0.2) is 9.97 Å². The molecule has 0 saturated heterocycles. The fourth-order valence-electron chi connectivity index (χ4n) is 6.48. The summed E-state index contributed by atoms with van der Waals surface area (Å²) < 4.78 is 0. The Morgan fingerprint density at radius 1 is 0.315 bits per heavy atom. The minimum Gasteiger partial charge on any atom is -0.354 e.